The molecule has 2 heterocycles. The van der Waals surface area contributed by atoms with Gasteiger partial charge in [0.1, 0.15) is 0 Å². The number of carbonyl (C=O) groups is 1. The van der Waals surface area contributed by atoms with Crippen LogP contribution in [0.1, 0.15) is 33.6 Å². The highest BCUT2D eigenvalue weighted by Gasteiger charge is 2.32. The van der Waals surface area contributed by atoms with Crippen molar-refractivity contribution in [3.63, 3.8) is 0 Å². The van der Waals surface area contributed by atoms with E-state index in [1.165, 1.54) is 0 Å². The van der Waals surface area contributed by atoms with Crippen LogP contribution < -0.4 is 0 Å². The molecule has 100 valence electrons. The van der Waals surface area contributed by atoms with Crippen LogP contribution in [0.25, 0.3) is 0 Å². The van der Waals surface area contributed by atoms with Gasteiger partial charge in [0.25, 0.3) is 0 Å². The standard InChI is InChI=1S/C13H21N3OS/c1-13(2,3)9-16-8-4-5-10(11(16)17)18-12-14-6-7-15-12/h6-7,10H,4-5,8-9H2,1-3H3,(H,14,15)/t10-/m0/s1. The lowest BCUT2D eigenvalue weighted by atomic mass is 9.94. The van der Waals surface area contributed by atoms with Gasteiger partial charge in [-0.1, -0.05) is 32.5 Å². The molecule has 4 nitrogen and oxygen atoms in total. The smallest absolute Gasteiger partial charge is 0.236 e. The highest BCUT2D eigenvalue weighted by atomic mass is 32.2. The summed E-state index contributed by atoms with van der Waals surface area (Å²) < 4.78 is 0. The number of hydrogen-bond donors (Lipinski definition) is 1. The Bertz CT molecular complexity index is 397. The molecular formula is C13H21N3OS. The first-order valence-corrected chi connectivity index (χ1v) is 7.28. The number of hydrogen-bond acceptors (Lipinski definition) is 3. The summed E-state index contributed by atoms with van der Waals surface area (Å²) in [6, 6.07) is 0. The number of carbonyl (C=O) groups excluding carboxylic acids is 1. The first-order valence-electron chi connectivity index (χ1n) is 6.40. The van der Waals surface area contributed by atoms with Gasteiger partial charge < -0.3 is 9.88 Å². The van der Waals surface area contributed by atoms with Crippen LogP contribution in [-0.2, 0) is 4.79 Å². The normalized spacial score (nSPS) is 21.4. The maximum Gasteiger partial charge on any atom is 0.236 e. The second-order valence-corrected chi connectivity index (χ2v) is 7.15. The lowest BCUT2D eigenvalue weighted by molar-refractivity contribution is -0.133. The first-order chi connectivity index (χ1) is 8.46. The third-order valence-corrected chi connectivity index (χ3v) is 4.04. The number of thioether (sulfide) groups is 1. The molecule has 0 aliphatic carbocycles. The molecule has 5 heteroatoms. The molecule has 0 saturated carbocycles. The number of nitrogens with one attached hydrogen (secondary N) is 1. The van der Waals surface area contributed by atoms with Gasteiger partial charge in [-0.05, 0) is 18.3 Å². The van der Waals surface area contributed by atoms with Crippen LogP contribution in [0, 0.1) is 5.41 Å². The fourth-order valence-corrected chi connectivity index (χ4v) is 3.26. The quantitative estimate of drug-likeness (QED) is 0.915. The number of aromatic amines is 1. The second kappa shape index (κ2) is 5.34. The predicted molar refractivity (Wildman–Crippen MR) is 73.5 cm³/mol. The van der Waals surface area contributed by atoms with Gasteiger partial charge in [-0.25, -0.2) is 4.98 Å². The average Bonchev–Trinajstić information content (AvgIpc) is 2.75. The minimum atomic E-state index is 0.0206. The van der Waals surface area contributed by atoms with Crippen molar-refractivity contribution >= 4 is 17.7 Å². The number of imidazole rings is 1. The number of nitrogens with zero attached hydrogens (tertiary/aromatic N) is 2. The molecule has 1 amide bonds. The Balaban J connectivity index is 1.98. The number of aromatic nitrogens is 2. The van der Waals surface area contributed by atoms with Crippen molar-refractivity contribution in [1.29, 1.82) is 0 Å². The lowest BCUT2D eigenvalue weighted by Crippen LogP contribution is -2.46. The molecule has 1 aromatic rings. The van der Waals surface area contributed by atoms with Crippen LogP contribution in [0.4, 0.5) is 0 Å². The number of likely N-dealkylation sites (tertiary alicyclic amines) is 1. The zero-order chi connectivity index (χ0) is 13.2. The second-order valence-electron chi connectivity index (χ2n) is 5.96. The van der Waals surface area contributed by atoms with Gasteiger partial charge in [0, 0.05) is 25.5 Å². The van der Waals surface area contributed by atoms with Crippen LogP contribution in [0.5, 0.6) is 0 Å². The van der Waals surface area contributed by atoms with Crippen LogP contribution in [0.2, 0.25) is 0 Å². The van der Waals surface area contributed by atoms with E-state index in [0.29, 0.717) is 0 Å². The summed E-state index contributed by atoms with van der Waals surface area (Å²) in [5, 5.41) is 0.859. The average molecular weight is 267 g/mol. The molecule has 1 atom stereocenters. The molecule has 1 aliphatic heterocycles. The summed E-state index contributed by atoms with van der Waals surface area (Å²) in [5.41, 5.74) is 0.160. The van der Waals surface area contributed by atoms with E-state index in [-0.39, 0.29) is 16.6 Å². The van der Waals surface area contributed by atoms with Crippen LogP contribution in [0.15, 0.2) is 17.6 Å². The Morgan fingerprint density at radius 2 is 2.33 bits per heavy atom. The van der Waals surface area contributed by atoms with E-state index in [9.17, 15) is 4.79 Å². The minimum Gasteiger partial charge on any atom is -0.341 e. The predicted octanol–water partition coefficient (Wildman–Crippen LogP) is 2.54. The Labute approximate surface area is 113 Å². The molecule has 1 aromatic heterocycles. The van der Waals surface area contributed by atoms with E-state index in [0.717, 1.165) is 31.1 Å². The molecule has 0 radical (unpaired) electrons. The van der Waals surface area contributed by atoms with E-state index in [1.807, 2.05) is 4.90 Å². The Hall–Kier alpha value is -0.970. The molecule has 2 rings (SSSR count). The summed E-state index contributed by atoms with van der Waals surface area (Å²) in [7, 11) is 0. The summed E-state index contributed by atoms with van der Waals surface area (Å²) in [5.74, 6) is 0.262. The summed E-state index contributed by atoms with van der Waals surface area (Å²) in [4.78, 5) is 21.6. The van der Waals surface area contributed by atoms with E-state index >= 15 is 0 Å². The van der Waals surface area contributed by atoms with E-state index in [1.54, 1.807) is 24.2 Å². The van der Waals surface area contributed by atoms with E-state index in [4.69, 9.17) is 0 Å². The van der Waals surface area contributed by atoms with Crippen molar-refractivity contribution in [2.75, 3.05) is 13.1 Å². The van der Waals surface area contributed by atoms with Crippen LogP contribution >= 0.6 is 11.8 Å². The maximum atomic E-state index is 12.4. The minimum absolute atomic E-state index is 0.0206. The van der Waals surface area contributed by atoms with Crippen molar-refractivity contribution < 1.29 is 4.79 Å². The molecule has 18 heavy (non-hydrogen) atoms. The summed E-state index contributed by atoms with van der Waals surface area (Å²) in [6.45, 7) is 8.24. The maximum absolute atomic E-state index is 12.4. The van der Waals surface area contributed by atoms with Gasteiger partial charge in [-0.3, -0.25) is 4.79 Å². The molecule has 1 aliphatic rings. The zero-order valence-electron chi connectivity index (χ0n) is 11.3. The van der Waals surface area contributed by atoms with Crippen LogP contribution in [0.3, 0.4) is 0 Å². The monoisotopic (exact) mass is 267 g/mol. The zero-order valence-corrected chi connectivity index (χ0v) is 12.1. The number of piperidine rings is 1. The Morgan fingerprint density at radius 1 is 1.56 bits per heavy atom. The first kappa shape index (κ1) is 13.5. The Morgan fingerprint density at radius 3 is 2.94 bits per heavy atom. The third kappa shape index (κ3) is 3.51. The number of rotatable bonds is 3. The van der Waals surface area contributed by atoms with Crippen molar-refractivity contribution in [3.8, 4) is 0 Å². The topological polar surface area (TPSA) is 49.0 Å². The lowest BCUT2D eigenvalue weighted by Gasteiger charge is -2.35. The number of H-pyrrole nitrogens is 1. The molecule has 0 aromatic carbocycles. The molecule has 1 N–H and O–H groups in total. The fourth-order valence-electron chi connectivity index (χ4n) is 2.19. The molecule has 0 unspecified atom stereocenters. The largest absolute Gasteiger partial charge is 0.341 e. The molecule has 0 bridgehead atoms. The van der Waals surface area contributed by atoms with Crippen molar-refractivity contribution in [2.45, 2.75) is 44.0 Å². The van der Waals surface area contributed by atoms with Gasteiger partial charge in [0.2, 0.25) is 5.91 Å². The van der Waals surface area contributed by atoms with Gasteiger partial charge in [0.05, 0.1) is 5.25 Å². The number of amides is 1. The molecular weight excluding hydrogens is 246 g/mol. The van der Waals surface area contributed by atoms with Crippen molar-refractivity contribution in [3.05, 3.63) is 12.4 Å². The van der Waals surface area contributed by atoms with Gasteiger partial charge >= 0.3 is 0 Å². The Kier molecular flexibility index (Phi) is 4.00. The van der Waals surface area contributed by atoms with Gasteiger partial charge in [0.15, 0.2) is 5.16 Å². The SMILES string of the molecule is CC(C)(C)CN1CCC[C@H](Sc2ncc[nH]2)C1=O. The summed E-state index contributed by atoms with van der Waals surface area (Å²) >= 11 is 1.55. The third-order valence-electron chi connectivity index (χ3n) is 2.87. The molecule has 1 saturated heterocycles. The van der Waals surface area contributed by atoms with Gasteiger partial charge in [-0.15, -0.1) is 0 Å². The highest BCUT2D eigenvalue weighted by molar-refractivity contribution is 8.00. The summed E-state index contributed by atoms with van der Waals surface area (Å²) in [6.07, 6.45) is 5.55. The van der Waals surface area contributed by atoms with E-state index < -0.39 is 0 Å². The molecule has 1 fully saturated rings. The van der Waals surface area contributed by atoms with Crippen molar-refractivity contribution in [1.82, 2.24) is 14.9 Å². The van der Waals surface area contributed by atoms with Crippen LogP contribution in [-0.4, -0.2) is 39.1 Å². The molecule has 0 spiro atoms. The fraction of sp³-hybridized carbons (Fsp3) is 0.692. The highest BCUT2D eigenvalue weighted by Crippen LogP contribution is 2.29. The van der Waals surface area contributed by atoms with Gasteiger partial charge in [-0.2, -0.15) is 0 Å². The van der Waals surface area contributed by atoms with E-state index in [2.05, 4.69) is 30.7 Å². The van der Waals surface area contributed by atoms with Crippen molar-refractivity contribution in [2.24, 2.45) is 5.41 Å².